The zero-order valence-electron chi connectivity index (χ0n) is 11.6. The van der Waals surface area contributed by atoms with E-state index in [1.807, 2.05) is 18.2 Å². The Balaban J connectivity index is 1.82. The monoisotopic (exact) mass is 285 g/mol. The maximum atomic E-state index is 11.6. The maximum Gasteiger partial charge on any atom is 0.269 e. The minimum absolute atomic E-state index is 0.251. The Kier molecular flexibility index (Phi) is 3.59. The quantitative estimate of drug-likeness (QED) is 0.903. The van der Waals surface area contributed by atoms with Crippen LogP contribution in [0.3, 0.4) is 0 Å². The fraction of sp³-hybridized carbons (Fsp3) is 0.200. The Morgan fingerprint density at radius 1 is 1.33 bits per heavy atom. The van der Waals surface area contributed by atoms with Gasteiger partial charge in [0.05, 0.1) is 5.69 Å². The molecule has 3 rings (SSSR count). The number of pyridine rings is 1. The molecule has 108 valence electrons. The molecule has 0 atom stereocenters. The molecule has 0 bridgehead atoms. The van der Waals surface area contributed by atoms with Gasteiger partial charge in [0.1, 0.15) is 29.5 Å². The Labute approximate surface area is 122 Å². The van der Waals surface area contributed by atoms with Gasteiger partial charge in [0.2, 0.25) is 0 Å². The summed E-state index contributed by atoms with van der Waals surface area (Å²) >= 11 is 0. The van der Waals surface area contributed by atoms with Crippen molar-refractivity contribution in [1.82, 2.24) is 10.3 Å². The van der Waals surface area contributed by atoms with Gasteiger partial charge in [-0.25, -0.2) is 0 Å². The molecule has 0 saturated carbocycles. The zero-order chi connectivity index (χ0) is 14.7. The second kappa shape index (κ2) is 5.70. The molecule has 0 fully saturated rings. The lowest BCUT2D eigenvalue weighted by molar-refractivity contribution is 0.0958. The van der Waals surface area contributed by atoms with Gasteiger partial charge in [-0.1, -0.05) is 0 Å². The largest absolute Gasteiger partial charge is 0.489 e. The summed E-state index contributed by atoms with van der Waals surface area (Å²) in [5.41, 5.74) is 1.26. The molecule has 1 aromatic heterocycles. The van der Waals surface area contributed by atoms with Crippen molar-refractivity contribution in [2.75, 3.05) is 25.5 Å². The molecular formula is C15H15N3O3. The number of amides is 1. The van der Waals surface area contributed by atoms with Crippen LogP contribution in [0.5, 0.6) is 17.2 Å². The van der Waals surface area contributed by atoms with E-state index in [4.69, 9.17) is 9.47 Å². The van der Waals surface area contributed by atoms with Gasteiger partial charge in [-0.05, 0) is 18.2 Å². The average molecular weight is 285 g/mol. The van der Waals surface area contributed by atoms with Crippen LogP contribution in [-0.2, 0) is 0 Å². The van der Waals surface area contributed by atoms with Gasteiger partial charge in [-0.15, -0.1) is 0 Å². The van der Waals surface area contributed by atoms with Gasteiger partial charge in [0, 0.05) is 31.9 Å². The first kappa shape index (κ1) is 13.2. The molecule has 1 amide bonds. The third-order valence-corrected chi connectivity index (χ3v) is 3.05. The van der Waals surface area contributed by atoms with Crippen LogP contribution in [0.25, 0.3) is 0 Å². The Bertz CT molecular complexity index is 673. The molecule has 1 aromatic carbocycles. The number of benzene rings is 1. The first-order chi connectivity index (χ1) is 10.3. The van der Waals surface area contributed by atoms with Gasteiger partial charge >= 0.3 is 0 Å². The standard InChI is InChI=1S/C15H15N3O3/c1-16-15(19)13-8-11(4-5-17-13)21-10-2-3-12-14(9-10)20-7-6-18-12/h2-5,8-9,18H,6-7H2,1H3,(H,16,19). The normalized spacial score (nSPS) is 12.6. The molecule has 0 aliphatic carbocycles. The molecule has 21 heavy (non-hydrogen) atoms. The molecule has 2 aromatic rings. The molecule has 1 aliphatic rings. The van der Waals surface area contributed by atoms with Crippen molar-refractivity contribution in [2.24, 2.45) is 0 Å². The molecular weight excluding hydrogens is 270 g/mol. The van der Waals surface area contributed by atoms with Crippen molar-refractivity contribution < 1.29 is 14.3 Å². The molecule has 6 nitrogen and oxygen atoms in total. The van der Waals surface area contributed by atoms with Gasteiger partial charge in [0.25, 0.3) is 5.91 Å². The van der Waals surface area contributed by atoms with Crippen molar-refractivity contribution in [3.05, 3.63) is 42.2 Å². The smallest absolute Gasteiger partial charge is 0.269 e. The second-order valence-corrected chi connectivity index (χ2v) is 4.49. The van der Waals surface area contributed by atoms with Crippen LogP contribution in [-0.4, -0.2) is 31.1 Å². The molecule has 0 saturated heterocycles. The van der Waals surface area contributed by atoms with Gasteiger partial charge < -0.3 is 20.1 Å². The first-order valence-electron chi connectivity index (χ1n) is 6.63. The SMILES string of the molecule is CNC(=O)c1cc(Oc2ccc3c(c2)OCCN3)ccn1. The predicted molar refractivity (Wildman–Crippen MR) is 78.1 cm³/mol. The number of aromatic nitrogens is 1. The van der Waals surface area contributed by atoms with Gasteiger partial charge in [-0.3, -0.25) is 9.78 Å². The lowest BCUT2D eigenvalue weighted by Crippen LogP contribution is -2.19. The Morgan fingerprint density at radius 2 is 2.19 bits per heavy atom. The van der Waals surface area contributed by atoms with Crippen molar-refractivity contribution in [2.45, 2.75) is 0 Å². The maximum absolute atomic E-state index is 11.6. The summed E-state index contributed by atoms with van der Waals surface area (Å²) < 4.78 is 11.3. The topological polar surface area (TPSA) is 72.5 Å². The van der Waals surface area contributed by atoms with Gasteiger partial charge in [-0.2, -0.15) is 0 Å². The van der Waals surface area contributed by atoms with E-state index < -0.39 is 0 Å². The number of hydrogen-bond acceptors (Lipinski definition) is 5. The summed E-state index contributed by atoms with van der Waals surface area (Å²) in [7, 11) is 1.56. The lowest BCUT2D eigenvalue weighted by Gasteiger charge is -2.19. The molecule has 6 heteroatoms. The average Bonchev–Trinajstić information content (AvgIpc) is 2.54. The fourth-order valence-electron chi connectivity index (χ4n) is 2.04. The van der Waals surface area contributed by atoms with Gasteiger partial charge in [0.15, 0.2) is 0 Å². The summed E-state index contributed by atoms with van der Waals surface area (Å²) in [5.74, 6) is 1.71. The van der Waals surface area contributed by atoms with Crippen molar-refractivity contribution in [3.8, 4) is 17.2 Å². The van der Waals surface area contributed by atoms with E-state index >= 15 is 0 Å². The summed E-state index contributed by atoms with van der Waals surface area (Å²) in [5, 5.41) is 5.77. The van der Waals surface area contributed by atoms with E-state index in [2.05, 4.69) is 15.6 Å². The van der Waals surface area contributed by atoms with Crippen LogP contribution in [0.1, 0.15) is 10.5 Å². The third-order valence-electron chi connectivity index (χ3n) is 3.05. The number of rotatable bonds is 3. The van der Waals surface area contributed by atoms with E-state index in [1.165, 1.54) is 6.20 Å². The van der Waals surface area contributed by atoms with Crippen molar-refractivity contribution in [3.63, 3.8) is 0 Å². The van der Waals surface area contributed by atoms with Crippen LogP contribution >= 0.6 is 0 Å². The van der Waals surface area contributed by atoms with E-state index in [-0.39, 0.29) is 5.91 Å². The molecule has 0 unspecified atom stereocenters. The molecule has 0 radical (unpaired) electrons. The number of carbonyl (C=O) groups excluding carboxylic acids is 1. The summed E-state index contributed by atoms with van der Waals surface area (Å²) in [4.78, 5) is 15.5. The Hall–Kier alpha value is -2.76. The molecule has 0 spiro atoms. The summed E-state index contributed by atoms with van der Waals surface area (Å²) in [6.45, 7) is 1.43. The molecule has 2 heterocycles. The highest BCUT2D eigenvalue weighted by Gasteiger charge is 2.11. The highest BCUT2D eigenvalue weighted by Crippen LogP contribution is 2.33. The zero-order valence-corrected chi connectivity index (χ0v) is 11.6. The highest BCUT2D eigenvalue weighted by atomic mass is 16.5. The van der Waals surface area contributed by atoms with E-state index in [9.17, 15) is 4.79 Å². The fourth-order valence-corrected chi connectivity index (χ4v) is 2.04. The number of carbonyl (C=O) groups is 1. The van der Waals surface area contributed by atoms with Crippen LogP contribution in [0, 0.1) is 0 Å². The number of nitrogens with zero attached hydrogens (tertiary/aromatic N) is 1. The molecule has 2 N–H and O–H groups in total. The van der Waals surface area contributed by atoms with Crippen molar-refractivity contribution >= 4 is 11.6 Å². The lowest BCUT2D eigenvalue weighted by atomic mass is 10.2. The highest BCUT2D eigenvalue weighted by molar-refractivity contribution is 5.92. The van der Waals surface area contributed by atoms with Crippen LogP contribution < -0.4 is 20.1 Å². The minimum Gasteiger partial charge on any atom is -0.489 e. The number of fused-ring (bicyclic) bond motifs is 1. The van der Waals surface area contributed by atoms with E-state index in [0.29, 0.717) is 23.8 Å². The number of ether oxygens (including phenoxy) is 2. The second-order valence-electron chi connectivity index (χ2n) is 4.49. The summed E-state index contributed by atoms with van der Waals surface area (Å²) in [6.07, 6.45) is 1.54. The minimum atomic E-state index is -0.251. The van der Waals surface area contributed by atoms with Crippen LogP contribution in [0.15, 0.2) is 36.5 Å². The van der Waals surface area contributed by atoms with E-state index in [1.54, 1.807) is 19.2 Å². The predicted octanol–water partition coefficient (Wildman–Crippen LogP) is 2.04. The van der Waals surface area contributed by atoms with Crippen molar-refractivity contribution in [1.29, 1.82) is 0 Å². The Morgan fingerprint density at radius 3 is 3.05 bits per heavy atom. The molecule has 1 aliphatic heterocycles. The number of nitrogens with one attached hydrogen (secondary N) is 2. The summed E-state index contributed by atoms with van der Waals surface area (Å²) in [6, 6.07) is 8.87. The van der Waals surface area contributed by atoms with E-state index in [0.717, 1.165) is 18.0 Å². The number of hydrogen-bond donors (Lipinski definition) is 2. The van der Waals surface area contributed by atoms with Crippen LogP contribution in [0.2, 0.25) is 0 Å². The first-order valence-corrected chi connectivity index (χ1v) is 6.63. The number of anilines is 1. The van der Waals surface area contributed by atoms with Crippen LogP contribution in [0.4, 0.5) is 5.69 Å². The third kappa shape index (κ3) is 2.89.